The van der Waals surface area contributed by atoms with Gasteiger partial charge in [0.2, 0.25) is 5.91 Å². The van der Waals surface area contributed by atoms with Crippen LogP contribution in [0.2, 0.25) is 0 Å². The number of benzene rings is 1. The molecule has 134 valence electrons. The van der Waals surface area contributed by atoms with E-state index in [1.54, 1.807) is 19.1 Å². The van der Waals surface area contributed by atoms with Gasteiger partial charge in [0.1, 0.15) is 5.75 Å². The Labute approximate surface area is 141 Å². The van der Waals surface area contributed by atoms with Gasteiger partial charge in [-0.2, -0.15) is 0 Å². The van der Waals surface area contributed by atoms with Gasteiger partial charge in [-0.1, -0.05) is 0 Å². The molecule has 8 heteroatoms. The molecule has 0 bridgehead atoms. The molecular formula is C16H23NO6S. The maximum absolute atomic E-state index is 11.7. The van der Waals surface area contributed by atoms with Crippen LogP contribution in [-0.4, -0.2) is 44.3 Å². The molecule has 1 amide bonds. The molecule has 0 aliphatic heterocycles. The van der Waals surface area contributed by atoms with E-state index in [9.17, 15) is 18.0 Å². The summed E-state index contributed by atoms with van der Waals surface area (Å²) in [5.74, 6) is -1.32. The lowest BCUT2D eigenvalue weighted by Crippen LogP contribution is -2.40. The molecule has 1 rings (SSSR count). The van der Waals surface area contributed by atoms with E-state index < -0.39 is 27.8 Å². The third kappa shape index (κ3) is 6.57. The topological polar surface area (TPSA) is 110 Å². The Hall–Kier alpha value is -2.09. The Balaban J connectivity index is 2.33. The minimum Gasteiger partial charge on any atom is -0.494 e. The molecule has 2 N–H and O–H groups in total. The van der Waals surface area contributed by atoms with Gasteiger partial charge in [0.25, 0.3) is 0 Å². The summed E-state index contributed by atoms with van der Waals surface area (Å²) in [6.07, 6.45) is 1.82. The van der Waals surface area contributed by atoms with Crippen LogP contribution in [0.1, 0.15) is 26.7 Å². The Morgan fingerprint density at radius 1 is 1.21 bits per heavy atom. The molecule has 24 heavy (non-hydrogen) atoms. The van der Waals surface area contributed by atoms with Crippen molar-refractivity contribution < 1.29 is 27.9 Å². The van der Waals surface area contributed by atoms with Gasteiger partial charge in [0, 0.05) is 18.7 Å². The first kappa shape index (κ1) is 20.0. The zero-order valence-corrected chi connectivity index (χ0v) is 14.8. The van der Waals surface area contributed by atoms with Crippen LogP contribution in [-0.2, 0) is 19.4 Å². The van der Waals surface area contributed by atoms with E-state index in [0.717, 1.165) is 6.26 Å². The maximum atomic E-state index is 11.7. The van der Waals surface area contributed by atoms with Crippen molar-refractivity contribution in [1.29, 1.82) is 0 Å². The van der Waals surface area contributed by atoms with E-state index in [-0.39, 0.29) is 17.2 Å². The number of rotatable bonds is 9. The average Bonchev–Trinajstić information content (AvgIpc) is 2.50. The van der Waals surface area contributed by atoms with E-state index in [4.69, 9.17) is 9.84 Å². The fourth-order valence-electron chi connectivity index (χ4n) is 1.87. The largest absolute Gasteiger partial charge is 0.494 e. The molecule has 0 radical (unpaired) electrons. The second-order valence-electron chi connectivity index (χ2n) is 5.68. The number of hydrogen-bond acceptors (Lipinski definition) is 5. The summed E-state index contributed by atoms with van der Waals surface area (Å²) in [5, 5.41) is 11.5. The van der Waals surface area contributed by atoms with E-state index in [1.807, 2.05) is 0 Å². The summed E-state index contributed by atoms with van der Waals surface area (Å²) in [5.41, 5.74) is 0. The van der Waals surface area contributed by atoms with Gasteiger partial charge in [-0.3, -0.25) is 9.59 Å². The predicted molar refractivity (Wildman–Crippen MR) is 88.7 cm³/mol. The monoisotopic (exact) mass is 357 g/mol. The molecule has 1 aromatic rings. The Morgan fingerprint density at radius 3 is 2.29 bits per heavy atom. The van der Waals surface area contributed by atoms with Crippen molar-refractivity contribution in [2.75, 3.05) is 12.9 Å². The zero-order chi connectivity index (χ0) is 18.3. The zero-order valence-electron chi connectivity index (χ0n) is 14.0. The molecule has 0 fully saturated rings. The molecule has 0 saturated carbocycles. The molecule has 0 saturated heterocycles. The number of carboxylic acid groups (broad SMARTS) is 1. The predicted octanol–water partition coefficient (Wildman–Crippen LogP) is 1.47. The van der Waals surface area contributed by atoms with Gasteiger partial charge < -0.3 is 15.2 Å². The van der Waals surface area contributed by atoms with Crippen molar-refractivity contribution in [3.05, 3.63) is 24.3 Å². The highest BCUT2D eigenvalue weighted by Crippen LogP contribution is 2.16. The number of hydrogen-bond donors (Lipinski definition) is 2. The summed E-state index contributed by atoms with van der Waals surface area (Å²) >= 11 is 0. The quantitative estimate of drug-likeness (QED) is 0.648. The number of carboxylic acids is 1. The molecule has 1 aromatic carbocycles. The maximum Gasteiger partial charge on any atom is 0.308 e. The number of aliphatic carboxylic acids is 1. The fraction of sp³-hybridized carbons (Fsp3) is 0.500. The first-order chi connectivity index (χ1) is 11.1. The van der Waals surface area contributed by atoms with E-state index >= 15 is 0 Å². The van der Waals surface area contributed by atoms with E-state index in [0.29, 0.717) is 18.8 Å². The van der Waals surface area contributed by atoms with Gasteiger partial charge in [0.05, 0.1) is 17.4 Å². The molecule has 0 heterocycles. The molecule has 2 unspecified atom stereocenters. The minimum atomic E-state index is -3.23. The summed E-state index contributed by atoms with van der Waals surface area (Å²) in [4.78, 5) is 22.8. The highest BCUT2D eigenvalue weighted by molar-refractivity contribution is 7.90. The number of ether oxygens (including phenoxy) is 1. The minimum absolute atomic E-state index is 0.218. The smallest absolute Gasteiger partial charge is 0.308 e. The van der Waals surface area contributed by atoms with Crippen LogP contribution >= 0.6 is 0 Å². The lowest BCUT2D eigenvalue weighted by atomic mass is 10.0. The van der Waals surface area contributed by atoms with Crippen LogP contribution in [0.5, 0.6) is 5.75 Å². The molecule has 0 aliphatic carbocycles. The fourth-order valence-corrected chi connectivity index (χ4v) is 2.50. The van der Waals surface area contributed by atoms with Crippen LogP contribution < -0.4 is 10.1 Å². The molecule has 0 aliphatic rings. The number of nitrogens with one attached hydrogen (secondary N) is 1. The third-order valence-corrected chi connectivity index (χ3v) is 4.73. The second-order valence-corrected chi connectivity index (χ2v) is 7.69. The number of carbonyl (C=O) groups is 2. The van der Waals surface area contributed by atoms with Crippen molar-refractivity contribution in [2.45, 2.75) is 37.6 Å². The van der Waals surface area contributed by atoms with Crippen LogP contribution in [0.3, 0.4) is 0 Å². The van der Waals surface area contributed by atoms with Crippen molar-refractivity contribution >= 4 is 21.7 Å². The van der Waals surface area contributed by atoms with Crippen molar-refractivity contribution in [3.63, 3.8) is 0 Å². The summed E-state index contributed by atoms with van der Waals surface area (Å²) in [7, 11) is -3.23. The first-order valence-electron chi connectivity index (χ1n) is 7.56. The number of sulfone groups is 1. The van der Waals surface area contributed by atoms with Gasteiger partial charge in [-0.15, -0.1) is 0 Å². The number of carbonyl (C=O) groups excluding carboxylic acids is 1. The lowest BCUT2D eigenvalue weighted by molar-refractivity contribution is -0.142. The molecular weight excluding hydrogens is 334 g/mol. The van der Waals surface area contributed by atoms with Gasteiger partial charge >= 0.3 is 5.97 Å². The van der Waals surface area contributed by atoms with Crippen molar-refractivity contribution in [2.24, 2.45) is 5.92 Å². The molecule has 2 atom stereocenters. The third-order valence-electron chi connectivity index (χ3n) is 3.60. The highest BCUT2D eigenvalue weighted by atomic mass is 32.2. The van der Waals surface area contributed by atoms with Gasteiger partial charge in [-0.05, 0) is 44.5 Å². The summed E-state index contributed by atoms with van der Waals surface area (Å²) < 4.78 is 28.1. The van der Waals surface area contributed by atoms with Crippen LogP contribution in [0, 0.1) is 5.92 Å². The Kier molecular flexibility index (Phi) is 7.21. The number of amides is 1. The lowest BCUT2D eigenvalue weighted by Gasteiger charge is -2.17. The van der Waals surface area contributed by atoms with Crippen molar-refractivity contribution in [1.82, 2.24) is 5.32 Å². The van der Waals surface area contributed by atoms with Gasteiger partial charge in [0.15, 0.2) is 9.84 Å². The summed E-state index contributed by atoms with van der Waals surface area (Å²) in [6, 6.07) is 5.61. The van der Waals surface area contributed by atoms with Crippen LogP contribution in [0.15, 0.2) is 29.2 Å². The van der Waals surface area contributed by atoms with Gasteiger partial charge in [-0.25, -0.2) is 8.42 Å². The standard InChI is InChI=1S/C16H23NO6S/c1-11(16(19)20)12(2)17-15(18)5-4-10-23-13-6-8-14(9-7-13)24(3,21)22/h6-9,11-12H,4-5,10H2,1-3H3,(H,17,18)(H,19,20). The van der Waals surface area contributed by atoms with Crippen molar-refractivity contribution in [3.8, 4) is 5.75 Å². The Morgan fingerprint density at radius 2 is 1.79 bits per heavy atom. The second kappa shape index (κ2) is 8.68. The van der Waals surface area contributed by atoms with E-state index in [1.165, 1.54) is 19.1 Å². The Bertz CT molecular complexity index is 668. The first-order valence-corrected chi connectivity index (χ1v) is 9.45. The highest BCUT2D eigenvalue weighted by Gasteiger charge is 2.20. The molecule has 0 spiro atoms. The molecule has 7 nitrogen and oxygen atoms in total. The van der Waals surface area contributed by atoms with Crippen LogP contribution in [0.4, 0.5) is 0 Å². The summed E-state index contributed by atoms with van der Waals surface area (Å²) in [6.45, 7) is 3.49. The molecule has 0 aromatic heterocycles. The van der Waals surface area contributed by atoms with Crippen LogP contribution in [0.25, 0.3) is 0 Å². The average molecular weight is 357 g/mol. The van der Waals surface area contributed by atoms with E-state index in [2.05, 4.69) is 5.32 Å². The SMILES string of the molecule is CC(NC(=O)CCCOc1ccc(S(C)(=O)=O)cc1)C(C)C(=O)O. The normalized spacial score (nSPS) is 13.8.